The third kappa shape index (κ3) is 7.23. The molecule has 1 rings (SSSR count). The van der Waals surface area contributed by atoms with Crippen LogP contribution in [0.2, 0.25) is 0 Å². The maximum Gasteiger partial charge on any atom is 0.220 e. The highest BCUT2D eigenvalue weighted by atomic mass is 19.1. The van der Waals surface area contributed by atoms with Crippen molar-refractivity contribution in [3.8, 4) is 0 Å². The van der Waals surface area contributed by atoms with Crippen LogP contribution in [0.25, 0.3) is 0 Å². The Morgan fingerprint density at radius 3 is 2.52 bits per heavy atom. The largest absolute Gasteiger partial charge is 0.353 e. The zero-order valence-electron chi connectivity index (χ0n) is 13.1. The van der Waals surface area contributed by atoms with Gasteiger partial charge in [0.1, 0.15) is 5.82 Å². The zero-order valence-corrected chi connectivity index (χ0v) is 13.1. The summed E-state index contributed by atoms with van der Waals surface area (Å²) in [6, 6.07) is 6.46. The summed E-state index contributed by atoms with van der Waals surface area (Å²) in [5.41, 5.74) is 6.59. The highest BCUT2D eigenvalue weighted by molar-refractivity contribution is 5.76. The maximum atomic E-state index is 12.8. The number of nitrogens with one attached hydrogen (secondary N) is 1. The molecule has 2 atom stereocenters. The lowest BCUT2D eigenvalue weighted by atomic mass is 9.96. The molecule has 0 saturated heterocycles. The molecule has 0 aliphatic rings. The molecule has 0 aliphatic carbocycles. The van der Waals surface area contributed by atoms with Crippen molar-refractivity contribution < 1.29 is 9.18 Å². The van der Waals surface area contributed by atoms with Crippen LogP contribution in [0.4, 0.5) is 4.39 Å². The summed E-state index contributed by atoms with van der Waals surface area (Å²) in [5, 5.41) is 3.00. The van der Waals surface area contributed by atoms with Gasteiger partial charge in [-0.2, -0.15) is 0 Å². The summed E-state index contributed by atoms with van der Waals surface area (Å²) < 4.78 is 12.8. The van der Waals surface area contributed by atoms with Gasteiger partial charge in [-0.05, 0) is 56.3 Å². The molecular formula is C17H27FN2O. The van der Waals surface area contributed by atoms with E-state index in [1.165, 1.54) is 12.1 Å². The van der Waals surface area contributed by atoms with Gasteiger partial charge in [0.05, 0.1) is 0 Å². The molecule has 1 aromatic carbocycles. The predicted molar refractivity (Wildman–Crippen MR) is 84.4 cm³/mol. The molecule has 0 fully saturated rings. The molecule has 0 bridgehead atoms. The number of rotatable bonds is 9. The average Bonchev–Trinajstić information content (AvgIpc) is 2.45. The van der Waals surface area contributed by atoms with E-state index in [0.717, 1.165) is 24.8 Å². The van der Waals surface area contributed by atoms with Crippen molar-refractivity contribution >= 4 is 5.91 Å². The minimum absolute atomic E-state index is 0.0533. The first-order chi connectivity index (χ1) is 10.0. The average molecular weight is 294 g/mol. The van der Waals surface area contributed by atoms with Crippen LogP contribution < -0.4 is 11.1 Å². The van der Waals surface area contributed by atoms with Crippen LogP contribution in [0.5, 0.6) is 0 Å². The number of hydrogen-bond acceptors (Lipinski definition) is 2. The van der Waals surface area contributed by atoms with Crippen molar-refractivity contribution in [2.24, 2.45) is 11.7 Å². The first-order valence-corrected chi connectivity index (χ1v) is 7.79. The minimum atomic E-state index is -0.235. The lowest BCUT2D eigenvalue weighted by Gasteiger charge is -2.16. The standard InChI is InChI=1S/C17H27FN2O/c1-3-14(10-11-19)6-9-17(21)20-13(2)12-15-4-7-16(18)8-5-15/h4-5,7-8,13-14H,3,6,9-12,19H2,1-2H3,(H,20,21). The Morgan fingerprint density at radius 2 is 1.95 bits per heavy atom. The second kappa shape index (κ2) is 9.50. The molecule has 0 aromatic heterocycles. The van der Waals surface area contributed by atoms with Crippen molar-refractivity contribution in [1.82, 2.24) is 5.32 Å². The molecule has 2 unspecified atom stereocenters. The number of carbonyl (C=O) groups is 1. The molecule has 21 heavy (non-hydrogen) atoms. The summed E-state index contributed by atoms with van der Waals surface area (Å²) in [4.78, 5) is 11.9. The van der Waals surface area contributed by atoms with Crippen molar-refractivity contribution in [3.05, 3.63) is 35.6 Å². The molecule has 3 nitrogen and oxygen atoms in total. The second-order valence-electron chi connectivity index (χ2n) is 5.69. The van der Waals surface area contributed by atoms with Gasteiger partial charge in [0, 0.05) is 12.5 Å². The van der Waals surface area contributed by atoms with Crippen LogP contribution in [0, 0.1) is 11.7 Å². The molecule has 3 N–H and O–H groups in total. The fraction of sp³-hybridized carbons (Fsp3) is 0.588. The highest BCUT2D eigenvalue weighted by Crippen LogP contribution is 2.14. The van der Waals surface area contributed by atoms with E-state index < -0.39 is 0 Å². The highest BCUT2D eigenvalue weighted by Gasteiger charge is 2.11. The van der Waals surface area contributed by atoms with E-state index in [1.807, 2.05) is 6.92 Å². The van der Waals surface area contributed by atoms with Gasteiger partial charge in [0.15, 0.2) is 0 Å². The van der Waals surface area contributed by atoms with Gasteiger partial charge in [-0.15, -0.1) is 0 Å². The van der Waals surface area contributed by atoms with E-state index in [-0.39, 0.29) is 17.8 Å². The lowest BCUT2D eigenvalue weighted by molar-refractivity contribution is -0.122. The van der Waals surface area contributed by atoms with Crippen molar-refractivity contribution in [2.45, 2.75) is 52.0 Å². The van der Waals surface area contributed by atoms with E-state index >= 15 is 0 Å². The van der Waals surface area contributed by atoms with Crippen LogP contribution in [0.15, 0.2) is 24.3 Å². The molecule has 0 radical (unpaired) electrons. The van der Waals surface area contributed by atoms with Gasteiger partial charge in [-0.25, -0.2) is 4.39 Å². The Morgan fingerprint density at radius 1 is 1.29 bits per heavy atom. The quantitative estimate of drug-likeness (QED) is 0.735. The topological polar surface area (TPSA) is 55.1 Å². The van der Waals surface area contributed by atoms with Crippen LogP contribution >= 0.6 is 0 Å². The fourth-order valence-corrected chi connectivity index (χ4v) is 2.50. The summed E-state index contributed by atoms with van der Waals surface area (Å²) in [6.07, 6.45) is 4.20. The molecule has 0 saturated carbocycles. The van der Waals surface area contributed by atoms with E-state index in [0.29, 0.717) is 25.3 Å². The first kappa shape index (κ1) is 17.6. The molecule has 1 aromatic rings. The summed E-state index contributed by atoms with van der Waals surface area (Å²) >= 11 is 0. The molecule has 1 amide bonds. The first-order valence-electron chi connectivity index (χ1n) is 7.79. The van der Waals surface area contributed by atoms with E-state index in [2.05, 4.69) is 12.2 Å². The Kier molecular flexibility index (Phi) is 7.98. The van der Waals surface area contributed by atoms with Gasteiger partial charge in [0.2, 0.25) is 5.91 Å². The number of halogens is 1. The van der Waals surface area contributed by atoms with Crippen molar-refractivity contribution in [1.29, 1.82) is 0 Å². The smallest absolute Gasteiger partial charge is 0.220 e. The Balaban J connectivity index is 2.31. The van der Waals surface area contributed by atoms with Crippen LogP contribution in [0.1, 0.15) is 45.1 Å². The van der Waals surface area contributed by atoms with E-state index in [4.69, 9.17) is 5.73 Å². The van der Waals surface area contributed by atoms with Gasteiger partial charge >= 0.3 is 0 Å². The Bertz CT molecular complexity index is 419. The number of hydrogen-bond donors (Lipinski definition) is 2. The third-order valence-electron chi connectivity index (χ3n) is 3.79. The van der Waals surface area contributed by atoms with Gasteiger partial charge in [-0.3, -0.25) is 4.79 Å². The molecular weight excluding hydrogens is 267 g/mol. The molecule has 0 aliphatic heterocycles. The van der Waals surface area contributed by atoms with Gasteiger partial charge < -0.3 is 11.1 Å². The summed E-state index contributed by atoms with van der Waals surface area (Å²) in [6.45, 7) is 4.79. The monoisotopic (exact) mass is 294 g/mol. The zero-order chi connectivity index (χ0) is 15.7. The van der Waals surface area contributed by atoms with Crippen molar-refractivity contribution in [2.75, 3.05) is 6.54 Å². The Hall–Kier alpha value is -1.42. The predicted octanol–water partition coefficient (Wildman–Crippen LogP) is 3.03. The second-order valence-corrected chi connectivity index (χ2v) is 5.69. The van der Waals surface area contributed by atoms with E-state index in [9.17, 15) is 9.18 Å². The minimum Gasteiger partial charge on any atom is -0.353 e. The molecule has 118 valence electrons. The molecule has 0 spiro atoms. The fourth-order valence-electron chi connectivity index (χ4n) is 2.50. The molecule has 0 heterocycles. The van der Waals surface area contributed by atoms with E-state index in [1.54, 1.807) is 12.1 Å². The third-order valence-corrected chi connectivity index (χ3v) is 3.79. The number of amides is 1. The molecule has 4 heteroatoms. The summed E-state index contributed by atoms with van der Waals surface area (Å²) in [5.74, 6) is 0.384. The number of carbonyl (C=O) groups excluding carboxylic acids is 1. The number of benzene rings is 1. The van der Waals surface area contributed by atoms with Crippen LogP contribution in [-0.2, 0) is 11.2 Å². The normalized spacial score (nSPS) is 13.7. The Labute approximate surface area is 127 Å². The van der Waals surface area contributed by atoms with Crippen LogP contribution in [0.3, 0.4) is 0 Å². The SMILES string of the molecule is CCC(CCN)CCC(=O)NC(C)Cc1ccc(F)cc1. The van der Waals surface area contributed by atoms with Gasteiger partial charge in [0.25, 0.3) is 0 Å². The van der Waals surface area contributed by atoms with Gasteiger partial charge in [-0.1, -0.05) is 25.5 Å². The van der Waals surface area contributed by atoms with Crippen LogP contribution in [-0.4, -0.2) is 18.5 Å². The van der Waals surface area contributed by atoms with Crippen molar-refractivity contribution in [3.63, 3.8) is 0 Å². The summed E-state index contributed by atoms with van der Waals surface area (Å²) in [7, 11) is 0. The lowest BCUT2D eigenvalue weighted by Crippen LogP contribution is -2.34. The maximum absolute atomic E-state index is 12.8. The number of nitrogens with two attached hydrogens (primary N) is 1.